The first-order valence-corrected chi connectivity index (χ1v) is 11.9. The predicted octanol–water partition coefficient (Wildman–Crippen LogP) is 3.95. The van der Waals surface area contributed by atoms with Gasteiger partial charge in [-0.05, 0) is 68.4 Å². The summed E-state index contributed by atoms with van der Waals surface area (Å²) in [6.07, 6.45) is 9.66. The van der Waals surface area contributed by atoms with Gasteiger partial charge in [0.15, 0.2) is 5.65 Å². The Bertz CT molecular complexity index is 1040. The highest BCUT2D eigenvalue weighted by Crippen LogP contribution is 2.48. The lowest BCUT2D eigenvalue weighted by molar-refractivity contribution is -0.0484. The Morgan fingerprint density at radius 2 is 1.84 bits per heavy atom. The van der Waals surface area contributed by atoms with Gasteiger partial charge in [0.2, 0.25) is 5.92 Å². The number of amides is 2. The zero-order valence-electron chi connectivity index (χ0n) is 18.1. The first-order valence-electron chi connectivity index (χ1n) is 11.9. The van der Waals surface area contributed by atoms with Gasteiger partial charge in [-0.25, -0.2) is 23.1 Å². The average molecular weight is 445 g/mol. The second-order valence-electron chi connectivity index (χ2n) is 10.4. The number of urea groups is 1. The summed E-state index contributed by atoms with van der Waals surface area (Å²) in [5.74, 6) is -2.10. The van der Waals surface area contributed by atoms with Crippen LogP contribution in [0.3, 0.4) is 0 Å². The first kappa shape index (κ1) is 20.3. The van der Waals surface area contributed by atoms with Crippen molar-refractivity contribution in [3.8, 4) is 0 Å². The number of hydrogen-bond donors (Lipinski definition) is 2. The fraction of sp³-hybridized carbons (Fsp3) is 0.696. The normalized spacial score (nSPS) is 26.8. The lowest BCUT2D eigenvalue weighted by atomic mass is 9.81. The second-order valence-corrected chi connectivity index (χ2v) is 10.4. The first-order chi connectivity index (χ1) is 15.3. The minimum Gasteiger partial charge on any atom is -0.332 e. The van der Waals surface area contributed by atoms with Gasteiger partial charge in [0.25, 0.3) is 0 Å². The monoisotopic (exact) mass is 444 g/mol. The van der Waals surface area contributed by atoms with Gasteiger partial charge in [-0.1, -0.05) is 0 Å². The quantitative estimate of drug-likeness (QED) is 0.731. The van der Waals surface area contributed by atoms with Crippen LogP contribution in [-0.4, -0.2) is 43.5 Å². The number of nitrogens with zero attached hydrogens (tertiary/aromatic N) is 4. The molecule has 2 amide bonds. The van der Waals surface area contributed by atoms with Gasteiger partial charge < -0.3 is 16.0 Å². The van der Waals surface area contributed by atoms with E-state index < -0.39 is 5.92 Å². The maximum absolute atomic E-state index is 13.5. The Morgan fingerprint density at radius 1 is 1.09 bits per heavy atom. The van der Waals surface area contributed by atoms with Gasteiger partial charge in [-0.2, -0.15) is 5.10 Å². The average Bonchev–Trinajstić information content (AvgIpc) is 3.68. The molecule has 2 atom stereocenters. The molecule has 3 heterocycles. The van der Waals surface area contributed by atoms with E-state index in [0.29, 0.717) is 30.1 Å². The largest absolute Gasteiger partial charge is 0.332 e. The van der Waals surface area contributed by atoms with Crippen molar-refractivity contribution in [2.75, 3.05) is 6.54 Å². The fourth-order valence-corrected chi connectivity index (χ4v) is 5.60. The number of aromatic nitrogens is 3. The Hall–Kier alpha value is -2.29. The molecule has 2 aromatic rings. The molecule has 32 heavy (non-hydrogen) atoms. The van der Waals surface area contributed by atoms with E-state index in [1.54, 1.807) is 4.52 Å². The molecule has 1 aliphatic heterocycles. The van der Waals surface area contributed by atoms with Crippen LogP contribution in [-0.2, 0) is 0 Å². The topological polar surface area (TPSA) is 88.5 Å². The third kappa shape index (κ3) is 3.64. The predicted molar refractivity (Wildman–Crippen MR) is 114 cm³/mol. The third-order valence-electron chi connectivity index (χ3n) is 8.03. The Morgan fingerprint density at radius 3 is 2.50 bits per heavy atom. The molecule has 4 aliphatic rings. The molecule has 3 saturated carbocycles. The van der Waals surface area contributed by atoms with Crippen molar-refractivity contribution in [1.82, 2.24) is 24.8 Å². The zero-order valence-corrected chi connectivity index (χ0v) is 18.1. The molecule has 6 rings (SSSR count). The Balaban J connectivity index is 1.24. The van der Waals surface area contributed by atoms with Gasteiger partial charge in [0.1, 0.15) is 0 Å². The van der Waals surface area contributed by atoms with Crippen molar-refractivity contribution in [2.45, 2.75) is 81.3 Å². The van der Waals surface area contributed by atoms with Gasteiger partial charge >= 0.3 is 6.03 Å². The van der Waals surface area contributed by atoms with Crippen LogP contribution in [0.25, 0.3) is 5.65 Å². The van der Waals surface area contributed by atoms with Gasteiger partial charge in [0.05, 0.1) is 30.2 Å². The molecule has 2 aromatic heterocycles. The number of carbonyl (C=O) groups is 1. The maximum Gasteiger partial charge on any atom is 0.318 e. The van der Waals surface area contributed by atoms with E-state index in [9.17, 15) is 13.6 Å². The molecule has 0 radical (unpaired) electrons. The van der Waals surface area contributed by atoms with Crippen LogP contribution in [0.4, 0.5) is 13.6 Å². The smallest absolute Gasteiger partial charge is 0.318 e. The van der Waals surface area contributed by atoms with Crippen molar-refractivity contribution in [3.63, 3.8) is 0 Å². The van der Waals surface area contributed by atoms with Crippen molar-refractivity contribution in [3.05, 3.63) is 29.7 Å². The van der Waals surface area contributed by atoms with Crippen LogP contribution in [0, 0.1) is 11.8 Å². The van der Waals surface area contributed by atoms with Crippen molar-refractivity contribution >= 4 is 11.7 Å². The molecule has 1 saturated heterocycles. The van der Waals surface area contributed by atoms with Crippen LogP contribution in [0.5, 0.6) is 0 Å². The summed E-state index contributed by atoms with van der Waals surface area (Å²) >= 11 is 0. The number of alkyl halides is 2. The lowest BCUT2D eigenvalue weighted by Gasteiger charge is -2.38. The summed E-state index contributed by atoms with van der Waals surface area (Å²) in [5, 5.41) is 7.79. The van der Waals surface area contributed by atoms with Crippen LogP contribution in [0.1, 0.15) is 81.1 Å². The molecule has 7 nitrogen and oxygen atoms in total. The van der Waals surface area contributed by atoms with Crippen molar-refractivity contribution < 1.29 is 13.6 Å². The van der Waals surface area contributed by atoms with Crippen LogP contribution in [0.2, 0.25) is 0 Å². The number of fused-ring (bicyclic) bond motifs is 1. The van der Waals surface area contributed by atoms with Gasteiger partial charge in [-0.3, -0.25) is 0 Å². The van der Waals surface area contributed by atoms with Crippen molar-refractivity contribution in [2.24, 2.45) is 17.6 Å². The molecule has 4 fully saturated rings. The summed E-state index contributed by atoms with van der Waals surface area (Å²) in [6, 6.07) is 1.68. The van der Waals surface area contributed by atoms with Crippen LogP contribution >= 0.6 is 0 Å². The number of hydrogen-bond acceptors (Lipinski definition) is 4. The second kappa shape index (κ2) is 7.10. The minimum atomic E-state index is -2.57. The van der Waals surface area contributed by atoms with E-state index in [2.05, 4.69) is 10.4 Å². The van der Waals surface area contributed by atoms with E-state index in [-0.39, 0.29) is 42.4 Å². The van der Waals surface area contributed by atoms with E-state index in [4.69, 9.17) is 10.7 Å². The molecule has 9 heteroatoms. The number of imidazole rings is 1. The number of halogens is 2. The fourth-order valence-electron chi connectivity index (χ4n) is 5.60. The minimum absolute atomic E-state index is 0.00464. The number of rotatable bonds is 5. The third-order valence-corrected chi connectivity index (χ3v) is 8.03. The van der Waals surface area contributed by atoms with Gasteiger partial charge in [-0.15, -0.1) is 0 Å². The molecule has 0 aromatic carbocycles. The molecule has 172 valence electrons. The molecular formula is C23H30F2N6O. The molecule has 3 aliphatic carbocycles. The van der Waals surface area contributed by atoms with E-state index in [1.165, 1.54) is 0 Å². The number of nitrogens with one attached hydrogen (secondary N) is 1. The molecular weight excluding hydrogens is 414 g/mol. The van der Waals surface area contributed by atoms with Crippen LogP contribution < -0.4 is 11.1 Å². The zero-order chi connectivity index (χ0) is 22.1. The van der Waals surface area contributed by atoms with Crippen molar-refractivity contribution in [1.29, 1.82) is 0 Å². The molecule has 0 bridgehead atoms. The highest BCUT2D eigenvalue weighted by molar-refractivity contribution is 5.77. The highest BCUT2D eigenvalue weighted by Gasteiger charge is 2.50. The SMILES string of the molecule is NC(c1cn2ncc(C(C3CC3)N3CCC4(CC4)NC3=O)cc2n1)C1CCC(F)(F)CC1. The van der Waals surface area contributed by atoms with E-state index in [1.807, 2.05) is 23.4 Å². The summed E-state index contributed by atoms with van der Waals surface area (Å²) < 4.78 is 28.8. The highest BCUT2D eigenvalue weighted by atomic mass is 19.3. The standard InChI is InChI=1S/C23H30F2N6O/c24-23(25)5-3-14(4-6-23)19(26)17-13-31-18(28-17)11-16(12-27-31)20(15-1-2-15)30-10-9-22(7-8-22)29-21(30)32/h11-15,19-20H,1-10,26H2,(H,29,32). The summed E-state index contributed by atoms with van der Waals surface area (Å²) in [7, 11) is 0. The summed E-state index contributed by atoms with van der Waals surface area (Å²) in [6.45, 7) is 0.773. The number of carbonyl (C=O) groups excluding carboxylic acids is 1. The Labute approximate surface area is 185 Å². The van der Waals surface area contributed by atoms with Crippen LogP contribution in [0.15, 0.2) is 18.5 Å². The van der Waals surface area contributed by atoms with E-state index in [0.717, 1.165) is 44.2 Å². The summed E-state index contributed by atoms with van der Waals surface area (Å²) in [4.78, 5) is 19.6. The molecule has 2 unspecified atom stereocenters. The lowest BCUT2D eigenvalue weighted by Crippen LogP contribution is -2.54. The Kier molecular flexibility index (Phi) is 4.51. The summed E-state index contributed by atoms with van der Waals surface area (Å²) in [5.41, 5.74) is 8.88. The molecule has 1 spiro atoms. The van der Waals surface area contributed by atoms with E-state index >= 15 is 0 Å². The van der Waals surface area contributed by atoms with Gasteiger partial charge in [0, 0.05) is 24.9 Å². The number of nitrogens with two attached hydrogens (primary N) is 1. The maximum atomic E-state index is 13.5. The molecule has 3 N–H and O–H groups in total.